The molecule has 0 aliphatic heterocycles. The molecule has 0 unspecified atom stereocenters. The molecule has 0 spiro atoms. The molecule has 266 valence electrons. The molecule has 1 aromatic heterocycles. The van der Waals surface area contributed by atoms with Gasteiger partial charge in [-0.1, -0.05) is 188 Å². The van der Waals surface area contributed by atoms with Crippen molar-refractivity contribution in [3.63, 3.8) is 0 Å². The summed E-state index contributed by atoms with van der Waals surface area (Å²) in [5.41, 5.74) is 14.9. The molecule has 0 aliphatic carbocycles. The molecule has 1 heterocycles. The van der Waals surface area contributed by atoms with Crippen molar-refractivity contribution in [2.45, 2.75) is 0 Å². The third-order valence-corrected chi connectivity index (χ3v) is 12.7. The zero-order chi connectivity index (χ0) is 37.7. The monoisotopic (exact) mass is 740 g/mol. The molecule has 1 heteroatoms. The van der Waals surface area contributed by atoms with Crippen LogP contribution in [0.15, 0.2) is 218 Å². The van der Waals surface area contributed by atoms with Crippen molar-refractivity contribution in [3.8, 4) is 66.8 Å². The van der Waals surface area contributed by atoms with E-state index in [1.165, 1.54) is 108 Å². The molecule has 57 heavy (non-hydrogen) atoms. The molecule has 0 saturated heterocycles. The van der Waals surface area contributed by atoms with Crippen LogP contribution in [0.1, 0.15) is 0 Å². The lowest BCUT2D eigenvalue weighted by Crippen LogP contribution is -1.91. The Morgan fingerprint density at radius 3 is 1.30 bits per heavy atom. The third-order valence-electron chi connectivity index (χ3n) is 11.5. The molecule has 11 aromatic rings. The van der Waals surface area contributed by atoms with Crippen molar-refractivity contribution in [1.82, 2.24) is 0 Å². The van der Waals surface area contributed by atoms with E-state index >= 15 is 0 Å². The van der Waals surface area contributed by atoms with E-state index in [9.17, 15) is 0 Å². The second-order valence-electron chi connectivity index (χ2n) is 14.8. The van der Waals surface area contributed by atoms with Crippen LogP contribution in [-0.2, 0) is 0 Å². The van der Waals surface area contributed by atoms with Crippen LogP contribution < -0.4 is 0 Å². The van der Waals surface area contributed by atoms with E-state index in [-0.39, 0.29) is 0 Å². The molecule has 0 nitrogen and oxygen atoms in total. The smallest absolute Gasteiger partial charge is 0.0433 e. The second kappa shape index (κ2) is 13.9. The molecular weight excluding hydrogens is 705 g/mol. The quantitative estimate of drug-likeness (QED) is 0.149. The van der Waals surface area contributed by atoms with Gasteiger partial charge in [0.25, 0.3) is 0 Å². The van der Waals surface area contributed by atoms with Gasteiger partial charge >= 0.3 is 0 Å². The highest BCUT2D eigenvalue weighted by Gasteiger charge is 2.18. The van der Waals surface area contributed by atoms with Crippen molar-refractivity contribution in [3.05, 3.63) is 218 Å². The summed E-state index contributed by atoms with van der Waals surface area (Å²) >= 11 is 1.89. The summed E-state index contributed by atoms with van der Waals surface area (Å²) in [4.78, 5) is 0. The lowest BCUT2D eigenvalue weighted by molar-refractivity contribution is 1.60. The first-order valence-electron chi connectivity index (χ1n) is 19.6. The Balaban J connectivity index is 1.04. The standard InChI is InChI=1S/C56H36S/c1-4-15-37(16-5-1)40-21-12-22-41(33-40)44-30-32-53-51(35-44)50-28-14-27-46(56(50)57-53)45-24-13-23-42(34-45)43-29-31-49-52(36-43)55(39-19-8-3-9-20-39)48-26-11-10-25-47(48)54(49)38-17-6-2-7-18-38/h1-36H. The van der Waals surface area contributed by atoms with E-state index in [4.69, 9.17) is 0 Å². The van der Waals surface area contributed by atoms with Gasteiger partial charge in [0.15, 0.2) is 0 Å². The molecule has 11 rings (SSSR count). The van der Waals surface area contributed by atoms with Gasteiger partial charge in [-0.15, -0.1) is 11.3 Å². The summed E-state index contributed by atoms with van der Waals surface area (Å²) in [5, 5.41) is 7.68. The maximum atomic E-state index is 2.42. The van der Waals surface area contributed by atoms with Crippen molar-refractivity contribution >= 4 is 53.1 Å². The fraction of sp³-hybridized carbons (Fsp3) is 0. The lowest BCUT2D eigenvalue weighted by Gasteiger charge is -2.19. The fourth-order valence-electron chi connectivity index (χ4n) is 8.77. The second-order valence-corrected chi connectivity index (χ2v) is 15.9. The molecule has 10 aromatic carbocycles. The minimum Gasteiger partial charge on any atom is -0.135 e. The van der Waals surface area contributed by atoms with Crippen LogP contribution in [0.5, 0.6) is 0 Å². The van der Waals surface area contributed by atoms with Crippen LogP contribution >= 0.6 is 11.3 Å². The highest BCUT2D eigenvalue weighted by molar-refractivity contribution is 7.26. The summed E-state index contributed by atoms with van der Waals surface area (Å²) in [6.07, 6.45) is 0. The number of rotatable bonds is 6. The van der Waals surface area contributed by atoms with Gasteiger partial charge in [0.2, 0.25) is 0 Å². The van der Waals surface area contributed by atoms with E-state index in [0.717, 1.165) is 0 Å². The van der Waals surface area contributed by atoms with E-state index in [1.54, 1.807) is 0 Å². The van der Waals surface area contributed by atoms with Crippen LogP contribution in [0.4, 0.5) is 0 Å². The molecule has 0 atom stereocenters. The minimum absolute atomic E-state index is 1.21. The largest absolute Gasteiger partial charge is 0.135 e. The average Bonchev–Trinajstić information content (AvgIpc) is 3.67. The summed E-state index contributed by atoms with van der Waals surface area (Å²) in [6, 6.07) is 80.1. The van der Waals surface area contributed by atoms with Crippen molar-refractivity contribution in [2.75, 3.05) is 0 Å². The first-order valence-corrected chi connectivity index (χ1v) is 20.4. The highest BCUT2D eigenvalue weighted by Crippen LogP contribution is 2.46. The van der Waals surface area contributed by atoms with Gasteiger partial charge in [-0.25, -0.2) is 0 Å². The number of hydrogen-bond donors (Lipinski definition) is 0. The zero-order valence-electron chi connectivity index (χ0n) is 31.2. The average molecular weight is 741 g/mol. The third kappa shape index (κ3) is 5.84. The first kappa shape index (κ1) is 33.3. The Kier molecular flexibility index (Phi) is 8.12. The maximum absolute atomic E-state index is 2.42. The SMILES string of the molecule is c1ccc(-c2cccc(-c3ccc4sc5c(-c6cccc(-c7ccc8c(-c9ccccc9)c9ccccc9c(-c9ccccc9)c8c7)c6)cccc5c4c3)c2)cc1. The fourth-order valence-corrected chi connectivity index (χ4v) is 9.99. The van der Waals surface area contributed by atoms with Crippen LogP contribution in [0.2, 0.25) is 0 Å². The summed E-state index contributed by atoms with van der Waals surface area (Å²) in [6.45, 7) is 0. The highest BCUT2D eigenvalue weighted by atomic mass is 32.1. The van der Waals surface area contributed by atoms with Gasteiger partial charge in [-0.3, -0.25) is 0 Å². The van der Waals surface area contributed by atoms with Crippen LogP contribution in [0.25, 0.3) is 108 Å². The molecule has 0 radical (unpaired) electrons. The molecular formula is C56H36S. The molecule has 0 N–H and O–H groups in total. The molecule has 0 fully saturated rings. The number of benzene rings is 10. The van der Waals surface area contributed by atoms with Crippen molar-refractivity contribution in [1.29, 1.82) is 0 Å². The Labute approximate surface area is 336 Å². The summed E-state index contributed by atoms with van der Waals surface area (Å²) in [7, 11) is 0. The van der Waals surface area contributed by atoms with Crippen molar-refractivity contribution in [2.24, 2.45) is 0 Å². The Bertz CT molecular complexity index is 3270. The maximum Gasteiger partial charge on any atom is 0.0433 e. The summed E-state index contributed by atoms with van der Waals surface area (Å²) in [5.74, 6) is 0. The van der Waals surface area contributed by atoms with Gasteiger partial charge in [0.1, 0.15) is 0 Å². The van der Waals surface area contributed by atoms with Crippen LogP contribution in [0, 0.1) is 0 Å². The molecule has 0 aliphatic rings. The molecule has 0 amide bonds. The van der Waals surface area contributed by atoms with Gasteiger partial charge in [-0.05, 0) is 119 Å². The normalized spacial score (nSPS) is 11.5. The van der Waals surface area contributed by atoms with E-state index in [0.29, 0.717) is 0 Å². The van der Waals surface area contributed by atoms with Gasteiger partial charge in [0, 0.05) is 20.2 Å². The van der Waals surface area contributed by atoms with E-state index in [1.807, 2.05) is 11.3 Å². The van der Waals surface area contributed by atoms with Gasteiger partial charge < -0.3 is 0 Å². The Morgan fingerprint density at radius 1 is 0.228 bits per heavy atom. The lowest BCUT2D eigenvalue weighted by atomic mass is 9.85. The Morgan fingerprint density at radius 2 is 0.649 bits per heavy atom. The molecule has 0 saturated carbocycles. The topological polar surface area (TPSA) is 0 Å². The van der Waals surface area contributed by atoms with Crippen molar-refractivity contribution < 1.29 is 0 Å². The number of hydrogen-bond acceptors (Lipinski definition) is 1. The molecule has 0 bridgehead atoms. The number of thiophene rings is 1. The van der Waals surface area contributed by atoms with Gasteiger partial charge in [-0.2, -0.15) is 0 Å². The predicted molar refractivity (Wildman–Crippen MR) is 247 cm³/mol. The Hall–Kier alpha value is -7.06. The van der Waals surface area contributed by atoms with Gasteiger partial charge in [0.05, 0.1) is 0 Å². The summed E-state index contributed by atoms with van der Waals surface area (Å²) < 4.78 is 2.63. The minimum atomic E-state index is 1.21. The van der Waals surface area contributed by atoms with E-state index in [2.05, 4.69) is 218 Å². The first-order chi connectivity index (χ1) is 28.3. The zero-order valence-corrected chi connectivity index (χ0v) is 32.0. The van der Waals surface area contributed by atoms with Crippen LogP contribution in [-0.4, -0.2) is 0 Å². The predicted octanol–water partition coefficient (Wildman–Crippen LogP) is 16.4. The van der Waals surface area contributed by atoms with Crippen LogP contribution in [0.3, 0.4) is 0 Å². The van der Waals surface area contributed by atoms with E-state index < -0.39 is 0 Å². The number of fused-ring (bicyclic) bond motifs is 5.